The van der Waals surface area contributed by atoms with Crippen LogP contribution in [0.3, 0.4) is 0 Å². The van der Waals surface area contributed by atoms with Gasteiger partial charge < -0.3 is 4.74 Å². The number of benzene rings is 1. The summed E-state index contributed by atoms with van der Waals surface area (Å²) in [6, 6.07) is 11.3. The molecule has 0 N–H and O–H groups in total. The van der Waals surface area contributed by atoms with E-state index in [1.807, 2.05) is 31.2 Å². The lowest BCUT2D eigenvalue weighted by Gasteiger charge is -2.04. The minimum Gasteiger partial charge on any atom is -0.477 e. The van der Waals surface area contributed by atoms with Crippen LogP contribution in [0.15, 0.2) is 36.5 Å². The second-order valence-electron chi connectivity index (χ2n) is 3.41. The van der Waals surface area contributed by atoms with Gasteiger partial charge in [0.15, 0.2) is 0 Å². The molecule has 0 bridgehead atoms. The minimum atomic E-state index is 0.493. The van der Waals surface area contributed by atoms with Crippen molar-refractivity contribution < 1.29 is 4.74 Å². The molecule has 17 heavy (non-hydrogen) atoms. The standard InChI is InChI=1S/C13H11N3O/c1-2-17-13-7-12(9-15-16-13)11-5-3-4-10(6-11)8-14/h3-7,9H,2H2,1H3. The van der Waals surface area contributed by atoms with Crippen molar-refractivity contribution in [3.05, 3.63) is 42.1 Å². The first-order valence-electron chi connectivity index (χ1n) is 5.29. The van der Waals surface area contributed by atoms with Gasteiger partial charge in [-0.05, 0) is 24.6 Å². The molecular formula is C13H11N3O. The van der Waals surface area contributed by atoms with Gasteiger partial charge in [-0.2, -0.15) is 10.4 Å². The molecule has 0 fully saturated rings. The van der Waals surface area contributed by atoms with E-state index in [4.69, 9.17) is 10.00 Å². The van der Waals surface area contributed by atoms with Crippen LogP contribution in [0, 0.1) is 11.3 Å². The molecule has 0 aliphatic heterocycles. The van der Waals surface area contributed by atoms with Gasteiger partial charge in [-0.1, -0.05) is 12.1 Å². The van der Waals surface area contributed by atoms with Gasteiger partial charge >= 0.3 is 0 Å². The Hall–Kier alpha value is -2.41. The molecule has 0 saturated heterocycles. The van der Waals surface area contributed by atoms with E-state index in [0.717, 1.165) is 11.1 Å². The summed E-state index contributed by atoms with van der Waals surface area (Å²) in [6.07, 6.45) is 1.65. The van der Waals surface area contributed by atoms with Crippen LogP contribution >= 0.6 is 0 Å². The highest BCUT2D eigenvalue weighted by molar-refractivity contribution is 5.64. The van der Waals surface area contributed by atoms with Crippen LogP contribution in [0.4, 0.5) is 0 Å². The monoisotopic (exact) mass is 225 g/mol. The molecule has 1 aromatic carbocycles. The van der Waals surface area contributed by atoms with E-state index in [1.165, 1.54) is 0 Å². The first kappa shape index (κ1) is 11.1. The first-order chi connectivity index (χ1) is 8.33. The van der Waals surface area contributed by atoms with Gasteiger partial charge in [-0.25, -0.2) is 0 Å². The highest BCUT2D eigenvalue weighted by atomic mass is 16.5. The lowest BCUT2D eigenvalue weighted by Crippen LogP contribution is -1.96. The topological polar surface area (TPSA) is 58.8 Å². The highest BCUT2D eigenvalue weighted by Gasteiger charge is 2.02. The summed E-state index contributed by atoms with van der Waals surface area (Å²) >= 11 is 0. The maximum Gasteiger partial charge on any atom is 0.233 e. The van der Waals surface area contributed by atoms with E-state index < -0.39 is 0 Å². The van der Waals surface area contributed by atoms with Gasteiger partial charge in [0, 0.05) is 11.6 Å². The normalized spacial score (nSPS) is 9.65. The van der Waals surface area contributed by atoms with Crippen molar-refractivity contribution in [2.45, 2.75) is 6.92 Å². The molecule has 2 rings (SSSR count). The average molecular weight is 225 g/mol. The highest BCUT2D eigenvalue weighted by Crippen LogP contribution is 2.21. The third-order valence-corrected chi connectivity index (χ3v) is 2.25. The molecule has 1 aromatic heterocycles. The van der Waals surface area contributed by atoms with Crippen molar-refractivity contribution in [3.63, 3.8) is 0 Å². The summed E-state index contributed by atoms with van der Waals surface area (Å²) in [5.74, 6) is 0.493. The fourth-order valence-electron chi connectivity index (χ4n) is 1.49. The second kappa shape index (κ2) is 5.08. The summed E-state index contributed by atoms with van der Waals surface area (Å²) in [5, 5.41) is 16.6. The number of hydrogen-bond donors (Lipinski definition) is 0. The minimum absolute atomic E-state index is 0.493. The van der Waals surface area contributed by atoms with Crippen LogP contribution in [0.2, 0.25) is 0 Å². The summed E-state index contributed by atoms with van der Waals surface area (Å²) in [6.45, 7) is 2.45. The summed E-state index contributed by atoms with van der Waals surface area (Å²) in [4.78, 5) is 0. The average Bonchev–Trinajstić information content (AvgIpc) is 2.40. The van der Waals surface area contributed by atoms with E-state index in [0.29, 0.717) is 18.1 Å². The zero-order chi connectivity index (χ0) is 12.1. The summed E-state index contributed by atoms with van der Waals surface area (Å²) in [5.41, 5.74) is 2.44. The number of aromatic nitrogens is 2. The molecule has 84 valence electrons. The van der Waals surface area contributed by atoms with Crippen LogP contribution < -0.4 is 4.74 Å². The molecule has 4 heteroatoms. The zero-order valence-corrected chi connectivity index (χ0v) is 9.42. The molecule has 0 radical (unpaired) electrons. The van der Waals surface area contributed by atoms with Crippen molar-refractivity contribution in [1.29, 1.82) is 5.26 Å². The van der Waals surface area contributed by atoms with Crippen molar-refractivity contribution in [2.24, 2.45) is 0 Å². The molecule has 0 saturated carbocycles. The molecule has 0 unspecified atom stereocenters. The molecule has 4 nitrogen and oxygen atoms in total. The van der Waals surface area contributed by atoms with Crippen molar-refractivity contribution in [3.8, 4) is 23.1 Å². The van der Waals surface area contributed by atoms with Gasteiger partial charge in [0.25, 0.3) is 0 Å². The molecule has 0 atom stereocenters. The van der Waals surface area contributed by atoms with E-state index in [2.05, 4.69) is 16.3 Å². The molecule has 0 amide bonds. The maximum absolute atomic E-state index is 8.85. The van der Waals surface area contributed by atoms with E-state index in [1.54, 1.807) is 12.3 Å². The van der Waals surface area contributed by atoms with E-state index in [9.17, 15) is 0 Å². The Labute approximate surface area is 99.5 Å². The fraction of sp³-hybridized carbons (Fsp3) is 0.154. The SMILES string of the molecule is CCOc1cc(-c2cccc(C#N)c2)cnn1. The van der Waals surface area contributed by atoms with Gasteiger partial charge in [0.05, 0.1) is 24.4 Å². The number of nitrogens with zero attached hydrogens (tertiary/aromatic N) is 3. The Balaban J connectivity index is 2.39. The predicted octanol–water partition coefficient (Wildman–Crippen LogP) is 2.41. The molecule has 0 aliphatic carbocycles. The molecule has 2 aromatic rings. The third-order valence-electron chi connectivity index (χ3n) is 2.25. The van der Waals surface area contributed by atoms with Crippen molar-refractivity contribution in [2.75, 3.05) is 6.61 Å². The maximum atomic E-state index is 8.85. The number of rotatable bonds is 3. The van der Waals surface area contributed by atoms with Gasteiger partial charge in [-0.3, -0.25) is 0 Å². The van der Waals surface area contributed by atoms with Crippen LogP contribution in [-0.4, -0.2) is 16.8 Å². The number of hydrogen-bond acceptors (Lipinski definition) is 4. The van der Waals surface area contributed by atoms with E-state index in [-0.39, 0.29) is 0 Å². The van der Waals surface area contributed by atoms with Gasteiger partial charge in [-0.15, -0.1) is 5.10 Å². The molecule has 0 aliphatic rings. The van der Waals surface area contributed by atoms with Crippen molar-refractivity contribution in [1.82, 2.24) is 10.2 Å². The third kappa shape index (κ3) is 2.58. The predicted molar refractivity (Wildman–Crippen MR) is 63.4 cm³/mol. The molecule has 1 heterocycles. The lowest BCUT2D eigenvalue weighted by atomic mass is 10.1. The van der Waals surface area contributed by atoms with Crippen molar-refractivity contribution >= 4 is 0 Å². The number of ether oxygens (including phenoxy) is 1. The van der Waals surface area contributed by atoms with Gasteiger partial charge in [0.2, 0.25) is 5.88 Å². The quantitative estimate of drug-likeness (QED) is 0.804. The van der Waals surface area contributed by atoms with Crippen LogP contribution in [0.5, 0.6) is 5.88 Å². The van der Waals surface area contributed by atoms with Crippen LogP contribution in [-0.2, 0) is 0 Å². The first-order valence-corrected chi connectivity index (χ1v) is 5.29. The Bertz CT molecular complexity index is 561. The fourth-order valence-corrected chi connectivity index (χ4v) is 1.49. The lowest BCUT2D eigenvalue weighted by molar-refractivity contribution is 0.323. The molecule has 0 spiro atoms. The Morgan fingerprint density at radius 1 is 1.29 bits per heavy atom. The molecular weight excluding hydrogens is 214 g/mol. The van der Waals surface area contributed by atoms with Gasteiger partial charge in [0.1, 0.15) is 0 Å². The summed E-state index contributed by atoms with van der Waals surface area (Å²) < 4.78 is 5.29. The number of nitriles is 1. The van der Waals surface area contributed by atoms with Crippen LogP contribution in [0.1, 0.15) is 12.5 Å². The Kier molecular flexibility index (Phi) is 3.31. The largest absolute Gasteiger partial charge is 0.477 e. The summed E-state index contributed by atoms with van der Waals surface area (Å²) in [7, 11) is 0. The van der Waals surface area contributed by atoms with Crippen LogP contribution in [0.25, 0.3) is 11.1 Å². The Morgan fingerprint density at radius 3 is 2.94 bits per heavy atom. The van der Waals surface area contributed by atoms with E-state index >= 15 is 0 Å². The second-order valence-corrected chi connectivity index (χ2v) is 3.41. The smallest absolute Gasteiger partial charge is 0.233 e. The zero-order valence-electron chi connectivity index (χ0n) is 9.42. The Morgan fingerprint density at radius 2 is 2.18 bits per heavy atom.